The van der Waals surface area contributed by atoms with Crippen LogP contribution in [0.15, 0.2) is 0 Å². The van der Waals surface area contributed by atoms with Crippen LogP contribution in [0.4, 0.5) is 0 Å². The number of carboxylic acids is 1. The van der Waals surface area contributed by atoms with Gasteiger partial charge in [0.2, 0.25) is 5.91 Å². The summed E-state index contributed by atoms with van der Waals surface area (Å²) in [5.41, 5.74) is 0. The summed E-state index contributed by atoms with van der Waals surface area (Å²) < 4.78 is 0. The highest BCUT2D eigenvalue weighted by atomic mass is 32.2. The zero-order valence-corrected chi connectivity index (χ0v) is 10.4. The first kappa shape index (κ1) is 13.4. The molecule has 4 nitrogen and oxygen atoms in total. The summed E-state index contributed by atoms with van der Waals surface area (Å²) in [4.78, 5) is 22.2. The number of aliphatic carboxylic acids is 1. The normalized spacial score (nSPS) is 25.1. The van der Waals surface area contributed by atoms with Crippen molar-refractivity contribution in [3.05, 3.63) is 0 Å². The zero-order valence-electron chi connectivity index (χ0n) is 9.57. The van der Waals surface area contributed by atoms with Gasteiger partial charge >= 0.3 is 5.97 Å². The molecule has 16 heavy (non-hydrogen) atoms. The highest BCUT2D eigenvalue weighted by Crippen LogP contribution is 2.24. The molecule has 0 bridgehead atoms. The first-order chi connectivity index (χ1) is 7.63. The van der Waals surface area contributed by atoms with Crippen LogP contribution in [0.3, 0.4) is 0 Å². The minimum absolute atomic E-state index is 0.0909. The van der Waals surface area contributed by atoms with Crippen LogP contribution in [0.2, 0.25) is 0 Å². The van der Waals surface area contributed by atoms with Crippen LogP contribution in [0, 0.1) is 5.92 Å². The number of thioether (sulfide) groups is 1. The van der Waals surface area contributed by atoms with Gasteiger partial charge in [0, 0.05) is 18.2 Å². The van der Waals surface area contributed by atoms with Crippen molar-refractivity contribution in [1.29, 1.82) is 0 Å². The Bertz CT molecular complexity index is 250. The minimum atomic E-state index is -0.702. The maximum atomic E-state index is 11.4. The molecule has 1 aliphatic rings. The summed E-state index contributed by atoms with van der Waals surface area (Å²) >= 11 is 1.66. The van der Waals surface area contributed by atoms with Gasteiger partial charge < -0.3 is 10.4 Å². The molecular formula is C11H19NO3S. The second-order valence-electron chi connectivity index (χ2n) is 4.20. The zero-order chi connectivity index (χ0) is 12.0. The summed E-state index contributed by atoms with van der Waals surface area (Å²) in [5, 5.41) is 11.8. The van der Waals surface area contributed by atoms with Crippen molar-refractivity contribution in [3.8, 4) is 0 Å². The van der Waals surface area contributed by atoms with Crippen LogP contribution in [0.5, 0.6) is 0 Å². The van der Waals surface area contributed by atoms with E-state index < -0.39 is 5.97 Å². The van der Waals surface area contributed by atoms with Crippen LogP contribution in [-0.4, -0.2) is 35.0 Å². The Balaban J connectivity index is 2.21. The third-order valence-corrected chi connectivity index (χ3v) is 3.59. The van der Waals surface area contributed by atoms with Crippen molar-refractivity contribution < 1.29 is 14.7 Å². The molecule has 0 aromatic rings. The molecule has 92 valence electrons. The molecule has 0 radical (unpaired) electrons. The summed E-state index contributed by atoms with van der Waals surface area (Å²) in [6.07, 6.45) is 5.49. The Morgan fingerprint density at radius 2 is 1.94 bits per heavy atom. The molecule has 0 spiro atoms. The van der Waals surface area contributed by atoms with Crippen molar-refractivity contribution in [3.63, 3.8) is 0 Å². The number of carbonyl (C=O) groups excluding carboxylic acids is 1. The van der Waals surface area contributed by atoms with Crippen molar-refractivity contribution >= 4 is 23.6 Å². The molecule has 0 saturated heterocycles. The largest absolute Gasteiger partial charge is 0.481 e. The maximum absolute atomic E-state index is 11.4. The van der Waals surface area contributed by atoms with Crippen LogP contribution in [-0.2, 0) is 9.59 Å². The van der Waals surface area contributed by atoms with Gasteiger partial charge in [-0.1, -0.05) is 0 Å². The van der Waals surface area contributed by atoms with E-state index in [1.807, 2.05) is 6.26 Å². The van der Waals surface area contributed by atoms with Crippen LogP contribution < -0.4 is 5.32 Å². The van der Waals surface area contributed by atoms with Gasteiger partial charge in [-0.2, -0.15) is 11.8 Å². The summed E-state index contributed by atoms with van der Waals surface area (Å²) in [5.74, 6) is 0.0238. The fourth-order valence-electron chi connectivity index (χ4n) is 1.98. The van der Waals surface area contributed by atoms with Gasteiger partial charge in [-0.25, -0.2) is 0 Å². The SMILES string of the molecule is CSCCC(=O)NC1CCC(C(=O)O)CC1. The maximum Gasteiger partial charge on any atom is 0.306 e. The number of hydrogen-bond acceptors (Lipinski definition) is 3. The lowest BCUT2D eigenvalue weighted by atomic mass is 9.86. The van der Waals surface area contributed by atoms with E-state index in [4.69, 9.17) is 5.11 Å². The number of carbonyl (C=O) groups is 2. The van der Waals surface area contributed by atoms with E-state index in [1.54, 1.807) is 11.8 Å². The fourth-order valence-corrected chi connectivity index (χ4v) is 2.37. The van der Waals surface area contributed by atoms with Crippen LogP contribution >= 0.6 is 11.8 Å². The van der Waals surface area contributed by atoms with E-state index >= 15 is 0 Å². The molecule has 1 saturated carbocycles. The van der Waals surface area contributed by atoms with Crippen LogP contribution in [0.1, 0.15) is 32.1 Å². The number of rotatable bonds is 5. The molecule has 0 aromatic heterocycles. The van der Waals surface area contributed by atoms with Gasteiger partial charge in [-0.15, -0.1) is 0 Å². The molecule has 1 amide bonds. The average molecular weight is 245 g/mol. The Morgan fingerprint density at radius 1 is 1.31 bits per heavy atom. The van der Waals surface area contributed by atoms with Crippen molar-refractivity contribution in [1.82, 2.24) is 5.32 Å². The Morgan fingerprint density at radius 3 is 2.44 bits per heavy atom. The van der Waals surface area contributed by atoms with E-state index in [2.05, 4.69) is 5.32 Å². The highest BCUT2D eigenvalue weighted by molar-refractivity contribution is 7.98. The first-order valence-electron chi connectivity index (χ1n) is 5.64. The summed E-state index contributed by atoms with van der Waals surface area (Å²) in [6, 6.07) is 0.185. The van der Waals surface area contributed by atoms with Crippen molar-refractivity contribution in [2.75, 3.05) is 12.0 Å². The monoisotopic (exact) mass is 245 g/mol. The van der Waals surface area contributed by atoms with Crippen molar-refractivity contribution in [2.24, 2.45) is 5.92 Å². The van der Waals surface area contributed by atoms with E-state index in [0.29, 0.717) is 19.3 Å². The van der Waals surface area contributed by atoms with Gasteiger partial charge in [0.25, 0.3) is 0 Å². The first-order valence-corrected chi connectivity index (χ1v) is 7.04. The summed E-state index contributed by atoms with van der Waals surface area (Å²) in [6.45, 7) is 0. The molecular weight excluding hydrogens is 226 g/mol. The molecule has 5 heteroatoms. The number of amides is 1. The molecule has 1 rings (SSSR count). The molecule has 0 heterocycles. The Kier molecular flexibility index (Phi) is 5.66. The smallest absolute Gasteiger partial charge is 0.306 e. The average Bonchev–Trinajstić information content (AvgIpc) is 2.27. The highest BCUT2D eigenvalue weighted by Gasteiger charge is 2.26. The molecule has 0 atom stereocenters. The number of hydrogen-bond donors (Lipinski definition) is 2. The molecule has 0 aromatic carbocycles. The van der Waals surface area contributed by atoms with E-state index in [1.165, 1.54) is 0 Å². The molecule has 0 unspecified atom stereocenters. The topological polar surface area (TPSA) is 66.4 Å². The minimum Gasteiger partial charge on any atom is -0.481 e. The van der Waals surface area contributed by atoms with Gasteiger partial charge in [0.1, 0.15) is 0 Å². The predicted molar refractivity (Wildman–Crippen MR) is 64.5 cm³/mol. The molecule has 0 aliphatic heterocycles. The third kappa shape index (κ3) is 4.43. The molecule has 1 fully saturated rings. The third-order valence-electron chi connectivity index (χ3n) is 2.97. The Labute approximate surface area is 100 Å². The second-order valence-corrected chi connectivity index (χ2v) is 5.18. The van der Waals surface area contributed by atoms with Gasteiger partial charge in [-0.3, -0.25) is 9.59 Å². The number of carboxylic acid groups (broad SMARTS) is 1. The Hall–Kier alpha value is -0.710. The molecule has 1 aliphatic carbocycles. The number of nitrogens with one attached hydrogen (secondary N) is 1. The quantitative estimate of drug-likeness (QED) is 0.770. The van der Waals surface area contributed by atoms with Gasteiger partial charge in [0.15, 0.2) is 0 Å². The van der Waals surface area contributed by atoms with Gasteiger partial charge in [0.05, 0.1) is 5.92 Å². The lowest BCUT2D eigenvalue weighted by Crippen LogP contribution is -2.38. The lowest BCUT2D eigenvalue weighted by Gasteiger charge is -2.26. The standard InChI is InChI=1S/C11H19NO3S/c1-16-7-6-10(13)12-9-4-2-8(3-5-9)11(14)15/h8-9H,2-7H2,1H3,(H,12,13)(H,14,15). The van der Waals surface area contributed by atoms with E-state index in [-0.39, 0.29) is 17.9 Å². The fraction of sp³-hybridized carbons (Fsp3) is 0.818. The van der Waals surface area contributed by atoms with Crippen molar-refractivity contribution in [2.45, 2.75) is 38.1 Å². The molecule has 2 N–H and O–H groups in total. The van der Waals surface area contributed by atoms with E-state index in [0.717, 1.165) is 18.6 Å². The second kappa shape index (κ2) is 6.78. The summed E-state index contributed by atoms with van der Waals surface area (Å²) in [7, 11) is 0. The van der Waals surface area contributed by atoms with E-state index in [9.17, 15) is 9.59 Å². The predicted octanol–water partition coefficient (Wildman–Crippen LogP) is 1.50. The van der Waals surface area contributed by atoms with Gasteiger partial charge in [-0.05, 0) is 31.9 Å². The lowest BCUT2D eigenvalue weighted by molar-refractivity contribution is -0.142. The van der Waals surface area contributed by atoms with Crippen LogP contribution in [0.25, 0.3) is 0 Å².